The normalized spacial score (nSPS) is 16.5. The number of hydrogen-bond acceptors (Lipinski definition) is 4. The summed E-state index contributed by atoms with van der Waals surface area (Å²) in [6.07, 6.45) is 4.56. The summed E-state index contributed by atoms with van der Waals surface area (Å²) in [5.74, 6) is -0.301. The minimum Gasteiger partial charge on any atom is -0.465 e. The maximum absolute atomic E-state index is 11.5. The van der Waals surface area contributed by atoms with Crippen LogP contribution in [-0.4, -0.2) is 29.0 Å². The van der Waals surface area contributed by atoms with E-state index in [2.05, 4.69) is 53.4 Å². The van der Waals surface area contributed by atoms with Gasteiger partial charge in [0.25, 0.3) is 0 Å². The third-order valence-electron chi connectivity index (χ3n) is 4.36. The van der Waals surface area contributed by atoms with Crippen LogP contribution in [0.15, 0.2) is 67.0 Å². The summed E-state index contributed by atoms with van der Waals surface area (Å²) in [6.45, 7) is 3.91. The number of methoxy groups -OCH3 is 1. The number of rotatable bonds is 5. The van der Waals surface area contributed by atoms with E-state index in [0.29, 0.717) is 11.7 Å². The number of esters is 1. The summed E-state index contributed by atoms with van der Waals surface area (Å²) in [5, 5.41) is 0. The van der Waals surface area contributed by atoms with Crippen LogP contribution in [0.2, 0.25) is 0 Å². The number of carbonyl (C=O) groups is 1. The van der Waals surface area contributed by atoms with Crippen LogP contribution in [0.1, 0.15) is 28.4 Å². The van der Waals surface area contributed by atoms with Gasteiger partial charge in [0.2, 0.25) is 0 Å². The lowest BCUT2D eigenvalue weighted by Crippen LogP contribution is -2.35. The van der Waals surface area contributed by atoms with Crippen LogP contribution in [0.5, 0.6) is 0 Å². The van der Waals surface area contributed by atoms with Gasteiger partial charge >= 0.3 is 5.97 Å². The molecule has 0 aromatic heterocycles. The molecule has 1 aliphatic heterocycles. The standard InChI is InChI=1S/C20H22N2O2/c1-16-21(14-17-6-4-3-5-7-17)12-13-22(16)15-18-8-10-19(11-9-18)20(23)24-2/h3-13,16H,14-15H2,1-2H3. The van der Waals surface area contributed by atoms with Gasteiger partial charge in [-0.2, -0.15) is 0 Å². The molecule has 4 heteroatoms. The van der Waals surface area contributed by atoms with Crippen LogP contribution in [0.3, 0.4) is 0 Å². The molecule has 0 fully saturated rings. The number of carbonyl (C=O) groups excluding carboxylic acids is 1. The molecule has 0 saturated heterocycles. The molecule has 1 atom stereocenters. The van der Waals surface area contributed by atoms with E-state index in [9.17, 15) is 4.79 Å². The Bertz CT molecular complexity index is 710. The SMILES string of the molecule is COC(=O)c1ccc(CN2C=CN(Cc3ccccc3)C2C)cc1. The van der Waals surface area contributed by atoms with E-state index in [1.165, 1.54) is 18.2 Å². The lowest BCUT2D eigenvalue weighted by Gasteiger charge is -2.30. The summed E-state index contributed by atoms with van der Waals surface area (Å²) in [4.78, 5) is 16.1. The van der Waals surface area contributed by atoms with Crippen molar-refractivity contribution in [3.8, 4) is 0 Å². The number of benzene rings is 2. The molecule has 2 aromatic rings. The molecule has 1 unspecified atom stereocenters. The molecule has 4 nitrogen and oxygen atoms in total. The Morgan fingerprint density at radius 1 is 0.917 bits per heavy atom. The number of hydrogen-bond donors (Lipinski definition) is 0. The highest BCUT2D eigenvalue weighted by atomic mass is 16.5. The first-order valence-corrected chi connectivity index (χ1v) is 8.08. The van der Waals surface area contributed by atoms with Crippen molar-refractivity contribution in [2.75, 3.05) is 7.11 Å². The lowest BCUT2D eigenvalue weighted by atomic mass is 10.1. The van der Waals surface area contributed by atoms with E-state index < -0.39 is 0 Å². The van der Waals surface area contributed by atoms with Gasteiger partial charge in [0.15, 0.2) is 0 Å². The van der Waals surface area contributed by atoms with Gasteiger partial charge in [-0.25, -0.2) is 4.79 Å². The van der Waals surface area contributed by atoms with Crippen LogP contribution < -0.4 is 0 Å². The van der Waals surface area contributed by atoms with Crippen molar-refractivity contribution in [2.24, 2.45) is 0 Å². The molecule has 0 spiro atoms. The Balaban J connectivity index is 1.60. The van der Waals surface area contributed by atoms with Crippen molar-refractivity contribution in [1.82, 2.24) is 9.80 Å². The van der Waals surface area contributed by atoms with Crippen LogP contribution in [0.4, 0.5) is 0 Å². The quantitative estimate of drug-likeness (QED) is 0.787. The molecular formula is C20H22N2O2. The fraction of sp³-hybridized carbons (Fsp3) is 0.250. The van der Waals surface area contributed by atoms with Gasteiger partial charge in [0.05, 0.1) is 18.8 Å². The van der Waals surface area contributed by atoms with Gasteiger partial charge in [0.1, 0.15) is 0 Å². The Morgan fingerprint density at radius 2 is 1.46 bits per heavy atom. The minimum absolute atomic E-state index is 0.297. The predicted molar refractivity (Wildman–Crippen MR) is 93.9 cm³/mol. The third-order valence-corrected chi connectivity index (χ3v) is 4.36. The maximum Gasteiger partial charge on any atom is 0.337 e. The first-order valence-electron chi connectivity index (χ1n) is 8.08. The highest BCUT2D eigenvalue weighted by Gasteiger charge is 2.21. The van der Waals surface area contributed by atoms with Crippen LogP contribution >= 0.6 is 0 Å². The van der Waals surface area contributed by atoms with E-state index in [-0.39, 0.29) is 5.97 Å². The molecule has 0 aliphatic carbocycles. The van der Waals surface area contributed by atoms with Crippen molar-refractivity contribution >= 4 is 5.97 Å². The van der Waals surface area contributed by atoms with E-state index >= 15 is 0 Å². The van der Waals surface area contributed by atoms with Gasteiger partial charge in [-0.3, -0.25) is 0 Å². The van der Waals surface area contributed by atoms with Gasteiger partial charge in [-0.15, -0.1) is 0 Å². The van der Waals surface area contributed by atoms with Crippen molar-refractivity contribution in [2.45, 2.75) is 26.2 Å². The molecule has 1 heterocycles. The van der Waals surface area contributed by atoms with Crippen molar-refractivity contribution in [3.05, 3.63) is 83.7 Å². The largest absolute Gasteiger partial charge is 0.465 e. The average Bonchev–Trinajstić information content (AvgIpc) is 2.96. The second-order valence-corrected chi connectivity index (χ2v) is 5.95. The highest BCUT2D eigenvalue weighted by molar-refractivity contribution is 5.89. The zero-order chi connectivity index (χ0) is 16.9. The monoisotopic (exact) mass is 322 g/mol. The molecule has 1 aliphatic rings. The first kappa shape index (κ1) is 16.1. The molecular weight excluding hydrogens is 300 g/mol. The summed E-state index contributed by atoms with van der Waals surface area (Å²) >= 11 is 0. The number of ether oxygens (including phenoxy) is 1. The van der Waals surface area contributed by atoms with Crippen molar-refractivity contribution in [1.29, 1.82) is 0 Å². The minimum atomic E-state index is -0.301. The van der Waals surface area contributed by atoms with Crippen LogP contribution in [0.25, 0.3) is 0 Å². The van der Waals surface area contributed by atoms with E-state index in [1.54, 1.807) is 0 Å². The second-order valence-electron chi connectivity index (χ2n) is 5.95. The Kier molecular flexibility index (Phi) is 4.85. The summed E-state index contributed by atoms with van der Waals surface area (Å²) in [7, 11) is 1.40. The molecule has 0 radical (unpaired) electrons. The summed E-state index contributed by atoms with van der Waals surface area (Å²) < 4.78 is 4.73. The van der Waals surface area contributed by atoms with Crippen LogP contribution in [-0.2, 0) is 17.8 Å². The van der Waals surface area contributed by atoms with Crippen LogP contribution in [0, 0.1) is 0 Å². The lowest BCUT2D eigenvalue weighted by molar-refractivity contribution is 0.0600. The highest BCUT2D eigenvalue weighted by Crippen LogP contribution is 2.21. The van der Waals surface area contributed by atoms with Gasteiger partial charge in [0, 0.05) is 25.5 Å². The topological polar surface area (TPSA) is 32.8 Å². The molecule has 24 heavy (non-hydrogen) atoms. The molecule has 3 rings (SSSR count). The maximum atomic E-state index is 11.5. The number of nitrogens with zero attached hydrogens (tertiary/aromatic N) is 2. The average molecular weight is 322 g/mol. The molecule has 0 bridgehead atoms. The van der Waals surface area contributed by atoms with E-state index in [4.69, 9.17) is 4.74 Å². The van der Waals surface area contributed by atoms with Crippen molar-refractivity contribution < 1.29 is 9.53 Å². The Morgan fingerprint density at radius 3 is 2.00 bits per heavy atom. The van der Waals surface area contributed by atoms with Gasteiger partial charge in [-0.1, -0.05) is 42.5 Å². The van der Waals surface area contributed by atoms with E-state index in [0.717, 1.165) is 13.1 Å². The Labute approximate surface area is 143 Å². The van der Waals surface area contributed by atoms with Gasteiger partial charge < -0.3 is 14.5 Å². The summed E-state index contributed by atoms with van der Waals surface area (Å²) in [6, 6.07) is 18.1. The first-order chi connectivity index (χ1) is 11.7. The van der Waals surface area contributed by atoms with E-state index in [1.807, 2.05) is 30.3 Å². The second kappa shape index (κ2) is 7.21. The van der Waals surface area contributed by atoms with Gasteiger partial charge in [-0.05, 0) is 30.2 Å². The fourth-order valence-electron chi connectivity index (χ4n) is 2.85. The molecule has 0 saturated carbocycles. The zero-order valence-electron chi connectivity index (χ0n) is 14.1. The predicted octanol–water partition coefficient (Wildman–Crippen LogP) is 3.61. The molecule has 0 amide bonds. The zero-order valence-corrected chi connectivity index (χ0v) is 14.1. The third kappa shape index (κ3) is 3.59. The Hall–Kier alpha value is -2.75. The van der Waals surface area contributed by atoms with Crippen molar-refractivity contribution in [3.63, 3.8) is 0 Å². The fourth-order valence-corrected chi connectivity index (χ4v) is 2.85. The molecule has 2 aromatic carbocycles. The smallest absolute Gasteiger partial charge is 0.337 e. The molecule has 124 valence electrons. The molecule has 0 N–H and O–H groups in total. The summed E-state index contributed by atoms with van der Waals surface area (Å²) in [5.41, 5.74) is 3.05.